The Balaban J connectivity index is 2.60. The van der Waals surface area contributed by atoms with E-state index in [4.69, 9.17) is 5.73 Å². The van der Waals surface area contributed by atoms with Crippen LogP contribution in [0.25, 0.3) is 11.1 Å². The zero-order valence-electron chi connectivity index (χ0n) is 9.07. The SMILES string of the molecule is CCc1cc(N)ncc1-c1ccccc1F. The summed E-state index contributed by atoms with van der Waals surface area (Å²) in [5, 5.41) is 0. The molecule has 82 valence electrons. The van der Waals surface area contributed by atoms with Crippen molar-refractivity contribution >= 4 is 5.82 Å². The van der Waals surface area contributed by atoms with Crippen LogP contribution in [0.3, 0.4) is 0 Å². The van der Waals surface area contributed by atoms with Crippen molar-refractivity contribution in [2.24, 2.45) is 0 Å². The lowest BCUT2D eigenvalue weighted by Crippen LogP contribution is -1.96. The molecule has 2 N–H and O–H groups in total. The molecule has 0 aliphatic carbocycles. The van der Waals surface area contributed by atoms with Crippen molar-refractivity contribution < 1.29 is 4.39 Å². The molecule has 3 heteroatoms. The van der Waals surface area contributed by atoms with Crippen LogP contribution in [0.5, 0.6) is 0 Å². The molecular weight excluding hydrogens is 203 g/mol. The van der Waals surface area contributed by atoms with Gasteiger partial charge in [0, 0.05) is 17.3 Å². The summed E-state index contributed by atoms with van der Waals surface area (Å²) in [7, 11) is 0. The van der Waals surface area contributed by atoms with Gasteiger partial charge in [0.25, 0.3) is 0 Å². The quantitative estimate of drug-likeness (QED) is 0.838. The predicted molar refractivity (Wildman–Crippen MR) is 63.4 cm³/mol. The van der Waals surface area contributed by atoms with Crippen LogP contribution < -0.4 is 5.73 Å². The van der Waals surface area contributed by atoms with Crippen molar-refractivity contribution in [3.05, 3.63) is 47.9 Å². The third kappa shape index (κ3) is 1.89. The van der Waals surface area contributed by atoms with Gasteiger partial charge < -0.3 is 5.73 Å². The summed E-state index contributed by atoms with van der Waals surface area (Å²) >= 11 is 0. The first-order chi connectivity index (χ1) is 7.72. The molecule has 0 bridgehead atoms. The molecular formula is C13H13FN2. The molecule has 0 unspecified atom stereocenters. The van der Waals surface area contributed by atoms with Crippen molar-refractivity contribution in [3.8, 4) is 11.1 Å². The molecule has 2 rings (SSSR count). The van der Waals surface area contributed by atoms with Crippen LogP contribution in [0.15, 0.2) is 36.5 Å². The maximum absolute atomic E-state index is 13.6. The number of pyridine rings is 1. The topological polar surface area (TPSA) is 38.9 Å². The van der Waals surface area contributed by atoms with E-state index < -0.39 is 0 Å². The van der Waals surface area contributed by atoms with Gasteiger partial charge in [-0.25, -0.2) is 9.37 Å². The Morgan fingerprint density at radius 3 is 2.69 bits per heavy atom. The molecule has 0 saturated carbocycles. The van der Waals surface area contributed by atoms with Gasteiger partial charge in [-0.2, -0.15) is 0 Å². The number of halogens is 1. The summed E-state index contributed by atoms with van der Waals surface area (Å²) in [5.41, 5.74) is 8.02. The third-order valence-corrected chi connectivity index (χ3v) is 2.56. The Morgan fingerprint density at radius 2 is 2.00 bits per heavy atom. The van der Waals surface area contributed by atoms with Crippen LogP contribution in [-0.4, -0.2) is 4.98 Å². The van der Waals surface area contributed by atoms with Crippen LogP contribution in [0, 0.1) is 5.82 Å². The number of hydrogen-bond acceptors (Lipinski definition) is 2. The maximum atomic E-state index is 13.6. The van der Waals surface area contributed by atoms with E-state index in [9.17, 15) is 4.39 Å². The van der Waals surface area contributed by atoms with E-state index in [1.165, 1.54) is 6.07 Å². The Morgan fingerprint density at radius 1 is 1.25 bits per heavy atom. The van der Waals surface area contributed by atoms with E-state index in [-0.39, 0.29) is 5.82 Å². The number of aromatic nitrogens is 1. The fourth-order valence-corrected chi connectivity index (χ4v) is 1.73. The summed E-state index contributed by atoms with van der Waals surface area (Å²) in [5.74, 6) is 0.237. The first-order valence-corrected chi connectivity index (χ1v) is 5.21. The van der Waals surface area contributed by atoms with E-state index in [1.807, 2.05) is 13.0 Å². The highest BCUT2D eigenvalue weighted by Gasteiger charge is 2.08. The summed E-state index contributed by atoms with van der Waals surface area (Å²) in [6, 6.07) is 8.48. The molecule has 0 atom stereocenters. The lowest BCUT2D eigenvalue weighted by Gasteiger charge is -2.09. The lowest BCUT2D eigenvalue weighted by molar-refractivity contribution is 0.631. The number of nitrogens with two attached hydrogens (primary N) is 1. The predicted octanol–water partition coefficient (Wildman–Crippen LogP) is 3.03. The monoisotopic (exact) mass is 216 g/mol. The highest BCUT2D eigenvalue weighted by atomic mass is 19.1. The number of benzene rings is 1. The minimum atomic E-state index is -0.233. The van der Waals surface area contributed by atoms with Gasteiger partial charge in [-0.15, -0.1) is 0 Å². The number of nitrogens with zero attached hydrogens (tertiary/aromatic N) is 1. The van der Waals surface area contributed by atoms with E-state index >= 15 is 0 Å². The second-order valence-corrected chi connectivity index (χ2v) is 3.60. The molecule has 1 heterocycles. The van der Waals surface area contributed by atoms with Crippen LogP contribution >= 0.6 is 0 Å². The summed E-state index contributed by atoms with van der Waals surface area (Å²) in [6.07, 6.45) is 2.43. The standard InChI is InChI=1S/C13H13FN2/c1-2-9-7-13(15)16-8-11(9)10-5-3-4-6-12(10)14/h3-8H,2H2,1H3,(H2,15,16). The van der Waals surface area contributed by atoms with Crippen LogP contribution in [0.2, 0.25) is 0 Å². The number of anilines is 1. The lowest BCUT2D eigenvalue weighted by atomic mass is 10.00. The molecule has 1 aromatic heterocycles. The Hall–Kier alpha value is -1.90. The van der Waals surface area contributed by atoms with Crippen molar-refractivity contribution in [2.75, 3.05) is 5.73 Å². The third-order valence-electron chi connectivity index (χ3n) is 2.56. The second-order valence-electron chi connectivity index (χ2n) is 3.60. The molecule has 2 nitrogen and oxygen atoms in total. The fraction of sp³-hybridized carbons (Fsp3) is 0.154. The van der Waals surface area contributed by atoms with E-state index in [2.05, 4.69) is 4.98 Å². The Bertz CT molecular complexity index is 509. The highest BCUT2D eigenvalue weighted by Crippen LogP contribution is 2.26. The fourth-order valence-electron chi connectivity index (χ4n) is 1.73. The number of aryl methyl sites for hydroxylation is 1. The Labute approximate surface area is 93.9 Å². The van der Waals surface area contributed by atoms with Crippen LogP contribution in [0.1, 0.15) is 12.5 Å². The first-order valence-electron chi connectivity index (χ1n) is 5.21. The number of hydrogen-bond donors (Lipinski definition) is 1. The van der Waals surface area contributed by atoms with Crippen molar-refractivity contribution in [1.29, 1.82) is 0 Å². The number of nitrogen functional groups attached to an aromatic ring is 1. The largest absolute Gasteiger partial charge is 0.384 e. The molecule has 0 radical (unpaired) electrons. The van der Waals surface area contributed by atoms with Gasteiger partial charge in [-0.05, 0) is 24.1 Å². The smallest absolute Gasteiger partial charge is 0.131 e. The average molecular weight is 216 g/mol. The van der Waals surface area contributed by atoms with Gasteiger partial charge in [0.05, 0.1) is 0 Å². The van der Waals surface area contributed by atoms with Gasteiger partial charge in [0.2, 0.25) is 0 Å². The minimum absolute atomic E-state index is 0.233. The molecule has 0 amide bonds. The van der Waals surface area contributed by atoms with E-state index in [1.54, 1.807) is 24.4 Å². The van der Waals surface area contributed by atoms with Gasteiger partial charge in [-0.1, -0.05) is 25.1 Å². The van der Waals surface area contributed by atoms with Gasteiger partial charge >= 0.3 is 0 Å². The normalized spacial score (nSPS) is 10.4. The zero-order chi connectivity index (χ0) is 11.5. The highest BCUT2D eigenvalue weighted by molar-refractivity contribution is 5.68. The molecule has 16 heavy (non-hydrogen) atoms. The molecule has 0 aliphatic heterocycles. The van der Waals surface area contributed by atoms with Crippen molar-refractivity contribution in [3.63, 3.8) is 0 Å². The maximum Gasteiger partial charge on any atom is 0.131 e. The second kappa shape index (κ2) is 4.31. The van der Waals surface area contributed by atoms with Gasteiger partial charge in [0.15, 0.2) is 0 Å². The van der Waals surface area contributed by atoms with Crippen molar-refractivity contribution in [1.82, 2.24) is 4.98 Å². The molecule has 1 aromatic carbocycles. The summed E-state index contributed by atoms with van der Waals surface area (Å²) in [4.78, 5) is 4.02. The first kappa shape index (κ1) is 10.6. The molecule has 0 spiro atoms. The summed E-state index contributed by atoms with van der Waals surface area (Å²) in [6.45, 7) is 2.01. The minimum Gasteiger partial charge on any atom is -0.384 e. The average Bonchev–Trinajstić information content (AvgIpc) is 2.30. The molecule has 0 saturated heterocycles. The van der Waals surface area contributed by atoms with Gasteiger partial charge in [0.1, 0.15) is 11.6 Å². The Kier molecular flexibility index (Phi) is 2.86. The molecule has 0 aliphatic rings. The zero-order valence-corrected chi connectivity index (χ0v) is 9.07. The van der Waals surface area contributed by atoms with Crippen molar-refractivity contribution in [2.45, 2.75) is 13.3 Å². The van der Waals surface area contributed by atoms with Crippen LogP contribution in [0.4, 0.5) is 10.2 Å². The van der Waals surface area contributed by atoms with Crippen LogP contribution in [-0.2, 0) is 6.42 Å². The molecule has 0 fully saturated rings. The van der Waals surface area contributed by atoms with E-state index in [0.717, 1.165) is 17.5 Å². The molecule has 2 aromatic rings. The van der Waals surface area contributed by atoms with Gasteiger partial charge in [-0.3, -0.25) is 0 Å². The van der Waals surface area contributed by atoms with E-state index in [0.29, 0.717) is 11.4 Å². The summed E-state index contributed by atoms with van der Waals surface area (Å²) < 4.78 is 13.6. The number of rotatable bonds is 2.